The number of hydrogen-bond acceptors (Lipinski definition) is 4. The molecule has 164 valence electrons. The highest BCUT2D eigenvalue weighted by Crippen LogP contribution is 2.32. The number of nitrogens with two attached hydrogens (primary N) is 1. The number of benzene rings is 2. The van der Waals surface area contributed by atoms with Gasteiger partial charge >= 0.3 is 0 Å². The first-order valence-corrected chi connectivity index (χ1v) is 11.2. The molecule has 6 heteroatoms. The number of nitrogens with zero attached hydrogens (tertiary/aromatic N) is 3. The van der Waals surface area contributed by atoms with Gasteiger partial charge in [-0.15, -0.1) is 0 Å². The zero-order valence-corrected chi connectivity index (χ0v) is 18.1. The van der Waals surface area contributed by atoms with E-state index < -0.39 is 5.82 Å². The van der Waals surface area contributed by atoms with Gasteiger partial charge in [-0.2, -0.15) is 0 Å². The van der Waals surface area contributed by atoms with Gasteiger partial charge in [0.25, 0.3) is 0 Å². The highest BCUT2D eigenvalue weighted by atomic mass is 19.1. The van der Waals surface area contributed by atoms with Crippen molar-refractivity contribution in [3.05, 3.63) is 72.7 Å². The lowest BCUT2D eigenvalue weighted by atomic mass is 10.1. The molecule has 3 N–H and O–H groups in total. The van der Waals surface area contributed by atoms with Crippen molar-refractivity contribution < 1.29 is 4.39 Å². The van der Waals surface area contributed by atoms with Gasteiger partial charge in [-0.3, -0.25) is 0 Å². The molecule has 0 aliphatic carbocycles. The lowest BCUT2D eigenvalue weighted by Crippen LogP contribution is -2.43. The predicted molar refractivity (Wildman–Crippen MR) is 129 cm³/mol. The van der Waals surface area contributed by atoms with Gasteiger partial charge in [-0.05, 0) is 42.8 Å². The first kappa shape index (κ1) is 20.7. The third-order valence-corrected chi connectivity index (χ3v) is 6.19. The Morgan fingerprint density at radius 1 is 0.938 bits per heavy atom. The van der Waals surface area contributed by atoms with Gasteiger partial charge in [0.2, 0.25) is 0 Å². The van der Waals surface area contributed by atoms with Gasteiger partial charge in [-0.1, -0.05) is 36.4 Å². The molecule has 1 aliphatic heterocycles. The van der Waals surface area contributed by atoms with Crippen LogP contribution < -0.4 is 11.1 Å². The maximum Gasteiger partial charge on any atom is 0.146 e. The quantitative estimate of drug-likeness (QED) is 0.447. The Labute approximate surface area is 187 Å². The Kier molecular flexibility index (Phi) is 5.88. The molecule has 32 heavy (non-hydrogen) atoms. The lowest BCUT2D eigenvalue weighted by molar-refractivity contribution is 0.235. The third kappa shape index (κ3) is 4.24. The summed E-state index contributed by atoms with van der Waals surface area (Å²) in [7, 11) is 0. The SMILES string of the molecule is Nc1ccc(-c2ccc3c(n2)c(-c2ccccc2)cn3CCCN2CCNCC2)cc1F. The number of rotatable bonds is 6. The molecule has 0 atom stereocenters. The fourth-order valence-electron chi connectivity index (χ4n) is 4.43. The zero-order chi connectivity index (χ0) is 21.9. The minimum Gasteiger partial charge on any atom is -0.396 e. The van der Waals surface area contributed by atoms with Gasteiger partial charge in [0.05, 0.1) is 22.4 Å². The molecule has 1 aliphatic rings. The normalized spacial score (nSPS) is 14.8. The van der Waals surface area contributed by atoms with Crippen molar-refractivity contribution in [3.8, 4) is 22.4 Å². The molecule has 0 spiro atoms. The molecule has 2 aromatic heterocycles. The first-order chi connectivity index (χ1) is 15.7. The maximum absolute atomic E-state index is 14.1. The van der Waals surface area contributed by atoms with Crippen molar-refractivity contribution in [2.24, 2.45) is 0 Å². The minimum absolute atomic E-state index is 0.149. The largest absolute Gasteiger partial charge is 0.396 e. The highest BCUT2D eigenvalue weighted by Gasteiger charge is 2.15. The Morgan fingerprint density at radius 2 is 1.75 bits per heavy atom. The number of hydrogen-bond donors (Lipinski definition) is 2. The monoisotopic (exact) mass is 429 g/mol. The van der Waals surface area contributed by atoms with Crippen LogP contribution in [0.2, 0.25) is 0 Å². The summed E-state index contributed by atoms with van der Waals surface area (Å²) in [6.07, 6.45) is 3.29. The van der Waals surface area contributed by atoms with Crippen LogP contribution in [0, 0.1) is 5.82 Å². The number of anilines is 1. The molecule has 0 unspecified atom stereocenters. The van der Waals surface area contributed by atoms with Crippen molar-refractivity contribution in [2.75, 3.05) is 38.5 Å². The van der Waals surface area contributed by atoms with Gasteiger partial charge in [-0.25, -0.2) is 9.37 Å². The summed E-state index contributed by atoms with van der Waals surface area (Å²) < 4.78 is 16.4. The van der Waals surface area contributed by atoms with E-state index in [-0.39, 0.29) is 5.69 Å². The highest BCUT2D eigenvalue weighted by molar-refractivity contribution is 5.94. The molecular weight excluding hydrogens is 401 g/mol. The number of pyridine rings is 1. The van der Waals surface area contributed by atoms with Crippen LogP contribution in [0.25, 0.3) is 33.4 Å². The summed E-state index contributed by atoms with van der Waals surface area (Å²) in [6.45, 7) is 6.41. The van der Waals surface area contributed by atoms with E-state index in [1.807, 2.05) is 30.3 Å². The lowest BCUT2D eigenvalue weighted by Gasteiger charge is -2.27. The molecule has 0 bridgehead atoms. The summed E-state index contributed by atoms with van der Waals surface area (Å²) >= 11 is 0. The van der Waals surface area contributed by atoms with Crippen molar-refractivity contribution >= 4 is 16.7 Å². The summed E-state index contributed by atoms with van der Waals surface area (Å²) in [5, 5.41) is 3.41. The molecule has 4 aromatic rings. The van der Waals surface area contributed by atoms with E-state index in [1.54, 1.807) is 6.07 Å². The molecule has 0 saturated carbocycles. The van der Waals surface area contributed by atoms with Crippen molar-refractivity contribution in [1.29, 1.82) is 0 Å². The van der Waals surface area contributed by atoms with Crippen LogP contribution in [0.4, 0.5) is 10.1 Å². The second-order valence-electron chi connectivity index (χ2n) is 8.35. The van der Waals surface area contributed by atoms with E-state index >= 15 is 0 Å². The molecule has 2 aromatic carbocycles. The van der Waals surface area contributed by atoms with Gasteiger partial charge in [0.1, 0.15) is 5.82 Å². The number of fused-ring (bicyclic) bond motifs is 1. The molecule has 0 amide bonds. The summed E-state index contributed by atoms with van der Waals surface area (Å²) in [5.74, 6) is -0.418. The Morgan fingerprint density at radius 3 is 2.53 bits per heavy atom. The third-order valence-electron chi connectivity index (χ3n) is 6.19. The van der Waals surface area contributed by atoms with Crippen LogP contribution in [0.15, 0.2) is 66.9 Å². The average Bonchev–Trinajstić information content (AvgIpc) is 3.20. The molecule has 5 rings (SSSR count). The zero-order valence-electron chi connectivity index (χ0n) is 18.1. The number of halogens is 1. The van der Waals surface area contributed by atoms with Gasteiger partial charge in [0, 0.05) is 50.0 Å². The van der Waals surface area contributed by atoms with E-state index in [2.05, 4.69) is 39.2 Å². The molecule has 1 fully saturated rings. The van der Waals surface area contributed by atoms with Crippen LogP contribution in [0.5, 0.6) is 0 Å². The Hall–Kier alpha value is -3.22. The number of aryl methyl sites for hydroxylation is 1. The number of nitrogen functional groups attached to an aromatic ring is 1. The fourth-order valence-corrected chi connectivity index (χ4v) is 4.43. The van der Waals surface area contributed by atoms with Gasteiger partial charge < -0.3 is 20.5 Å². The number of aromatic nitrogens is 2. The Balaban J connectivity index is 1.49. The Bertz CT molecular complexity index is 1210. The van der Waals surface area contributed by atoms with Crippen LogP contribution >= 0.6 is 0 Å². The van der Waals surface area contributed by atoms with E-state index in [9.17, 15) is 4.39 Å². The summed E-state index contributed by atoms with van der Waals surface area (Å²) in [6, 6.07) is 19.3. The molecule has 5 nitrogen and oxygen atoms in total. The van der Waals surface area contributed by atoms with Gasteiger partial charge in [0.15, 0.2) is 0 Å². The minimum atomic E-state index is -0.418. The van der Waals surface area contributed by atoms with Crippen LogP contribution in [0.3, 0.4) is 0 Å². The fraction of sp³-hybridized carbons (Fsp3) is 0.269. The van der Waals surface area contributed by atoms with Crippen molar-refractivity contribution in [1.82, 2.24) is 19.8 Å². The van der Waals surface area contributed by atoms with E-state index in [0.717, 1.165) is 79.1 Å². The van der Waals surface area contributed by atoms with Crippen molar-refractivity contribution in [3.63, 3.8) is 0 Å². The predicted octanol–water partition coefficient (Wildman–Crippen LogP) is 4.39. The smallest absolute Gasteiger partial charge is 0.146 e. The second kappa shape index (κ2) is 9.10. The topological polar surface area (TPSA) is 59.1 Å². The summed E-state index contributed by atoms with van der Waals surface area (Å²) in [4.78, 5) is 7.48. The first-order valence-electron chi connectivity index (χ1n) is 11.2. The number of nitrogens with one attached hydrogen (secondary N) is 1. The molecular formula is C26H28FN5. The summed E-state index contributed by atoms with van der Waals surface area (Å²) in [5.41, 5.74) is 11.5. The van der Waals surface area contributed by atoms with Crippen LogP contribution in [-0.4, -0.2) is 47.2 Å². The van der Waals surface area contributed by atoms with E-state index in [4.69, 9.17) is 10.7 Å². The van der Waals surface area contributed by atoms with Crippen molar-refractivity contribution in [2.45, 2.75) is 13.0 Å². The average molecular weight is 430 g/mol. The molecule has 3 heterocycles. The maximum atomic E-state index is 14.1. The second-order valence-corrected chi connectivity index (χ2v) is 8.35. The molecule has 0 radical (unpaired) electrons. The number of piperazine rings is 1. The van der Waals surface area contributed by atoms with E-state index in [1.165, 1.54) is 6.07 Å². The standard InChI is InChI=1S/C26H28FN5/c27-22-17-20(7-8-23(22)28)24-9-10-25-26(30-24)21(19-5-2-1-3-6-19)18-32(25)14-4-13-31-15-11-29-12-16-31/h1-3,5-10,17-18,29H,4,11-16,28H2. The molecule has 1 saturated heterocycles. The van der Waals surface area contributed by atoms with E-state index in [0.29, 0.717) is 0 Å². The van der Waals surface area contributed by atoms with Crippen LogP contribution in [-0.2, 0) is 6.54 Å². The van der Waals surface area contributed by atoms with Crippen LogP contribution in [0.1, 0.15) is 6.42 Å².